The van der Waals surface area contributed by atoms with Gasteiger partial charge in [-0.3, -0.25) is 4.98 Å². The van der Waals surface area contributed by atoms with Gasteiger partial charge in [0.2, 0.25) is 0 Å². The number of nitrogens with zero attached hydrogens (tertiary/aromatic N) is 2. The molecule has 2 aliphatic rings. The zero-order valence-electron chi connectivity index (χ0n) is 9.79. The van der Waals surface area contributed by atoms with Crippen molar-refractivity contribution in [2.75, 3.05) is 4.90 Å². The van der Waals surface area contributed by atoms with E-state index in [1.165, 1.54) is 0 Å². The van der Waals surface area contributed by atoms with Crippen molar-refractivity contribution < 1.29 is 10.2 Å². The van der Waals surface area contributed by atoms with Crippen LogP contribution in [0, 0.1) is 0 Å². The van der Waals surface area contributed by atoms with Crippen molar-refractivity contribution in [1.29, 1.82) is 0 Å². The van der Waals surface area contributed by atoms with Gasteiger partial charge in [0, 0.05) is 23.8 Å². The van der Waals surface area contributed by atoms with Crippen molar-refractivity contribution in [3.8, 4) is 0 Å². The molecule has 3 heterocycles. The Labute approximate surface area is 101 Å². The average Bonchev–Trinajstić information content (AvgIpc) is 2.61. The first kappa shape index (κ1) is 11.0. The van der Waals surface area contributed by atoms with Gasteiger partial charge in [0.15, 0.2) is 0 Å². The maximum atomic E-state index is 9.79. The molecule has 0 aromatic carbocycles. The van der Waals surface area contributed by atoms with Crippen LogP contribution in [0.5, 0.6) is 0 Å². The lowest BCUT2D eigenvalue weighted by molar-refractivity contribution is 0.126. The van der Waals surface area contributed by atoms with Gasteiger partial charge < -0.3 is 15.1 Å². The number of fused-ring (bicyclic) bond motifs is 2. The summed E-state index contributed by atoms with van der Waals surface area (Å²) < 4.78 is 0. The number of aromatic nitrogens is 1. The van der Waals surface area contributed by atoms with Gasteiger partial charge in [0.1, 0.15) is 0 Å². The summed E-state index contributed by atoms with van der Waals surface area (Å²) in [6, 6.07) is 2.70. The third-order valence-corrected chi connectivity index (χ3v) is 4.04. The molecule has 0 spiro atoms. The van der Waals surface area contributed by atoms with E-state index < -0.39 is 0 Å². The summed E-state index contributed by atoms with van der Waals surface area (Å²) >= 11 is 0. The van der Waals surface area contributed by atoms with Crippen molar-refractivity contribution in [3.63, 3.8) is 0 Å². The predicted molar refractivity (Wildman–Crippen MR) is 64.7 cm³/mol. The van der Waals surface area contributed by atoms with Crippen LogP contribution in [0.1, 0.15) is 31.2 Å². The first-order valence-electron chi connectivity index (χ1n) is 6.29. The van der Waals surface area contributed by atoms with Crippen LogP contribution < -0.4 is 4.90 Å². The summed E-state index contributed by atoms with van der Waals surface area (Å²) in [7, 11) is 0. The maximum Gasteiger partial charge on any atom is 0.0703 e. The summed E-state index contributed by atoms with van der Waals surface area (Å²) in [5, 5.41) is 19.2. The summed E-state index contributed by atoms with van der Waals surface area (Å²) in [5.41, 5.74) is 1.99. The molecule has 17 heavy (non-hydrogen) atoms. The second kappa shape index (κ2) is 4.27. The van der Waals surface area contributed by atoms with Crippen LogP contribution in [0.3, 0.4) is 0 Å². The standard InChI is InChI=1S/C13H18N2O2/c16-8-9-3-4-14-7-13(9)15-10-1-2-11(15)6-12(17)5-10/h3-4,7,10-12,16-17H,1-2,5-6,8H2. The number of hydrogen-bond acceptors (Lipinski definition) is 4. The average molecular weight is 234 g/mol. The normalized spacial score (nSPS) is 31.9. The van der Waals surface area contributed by atoms with Crippen LogP contribution in [0.4, 0.5) is 5.69 Å². The topological polar surface area (TPSA) is 56.6 Å². The van der Waals surface area contributed by atoms with Crippen LogP contribution in [-0.4, -0.2) is 33.4 Å². The van der Waals surface area contributed by atoms with Gasteiger partial charge in [-0.15, -0.1) is 0 Å². The number of rotatable bonds is 2. The Morgan fingerprint density at radius 1 is 1.29 bits per heavy atom. The first-order valence-corrected chi connectivity index (χ1v) is 6.29. The molecule has 0 aliphatic carbocycles. The van der Waals surface area contributed by atoms with E-state index in [4.69, 9.17) is 0 Å². The van der Waals surface area contributed by atoms with E-state index in [9.17, 15) is 10.2 Å². The molecule has 2 atom stereocenters. The number of aliphatic hydroxyl groups is 2. The fraction of sp³-hybridized carbons (Fsp3) is 0.615. The van der Waals surface area contributed by atoms with Crippen LogP contribution in [-0.2, 0) is 6.61 Å². The molecule has 2 N–H and O–H groups in total. The van der Waals surface area contributed by atoms with E-state index in [0.29, 0.717) is 12.1 Å². The van der Waals surface area contributed by atoms with E-state index in [1.54, 1.807) is 6.20 Å². The van der Waals surface area contributed by atoms with E-state index in [0.717, 1.165) is 36.9 Å². The lowest BCUT2D eigenvalue weighted by Crippen LogP contribution is -2.45. The number of aliphatic hydroxyl groups excluding tert-OH is 2. The van der Waals surface area contributed by atoms with Crippen molar-refractivity contribution in [3.05, 3.63) is 24.0 Å². The molecule has 2 aliphatic heterocycles. The SMILES string of the molecule is OCc1ccncc1N1C2CCC1CC(O)C2. The molecule has 0 amide bonds. The maximum absolute atomic E-state index is 9.79. The summed E-state index contributed by atoms with van der Waals surface area (Å²) in [6.45, 7) is 0.0519. The van der Waals surface area contributed by atoms with Gasteiger partial charge in [-0.25, -0.2) is 0 Å². The van der Waals surface area contributed by atoms with Gasteiger partial charge in [0.25, 0.3) is 0 Å². The molecule has 4 heteroatoms. The van der Waals surface area contributed by atoms with Crippen LogP contribution in [0.25, 0.3) is 0 Å². The van der Waals surface area contributed by atoms with Crippen LogP contribution in [0.15, 0.2) is 18.5 Å². The second-order valence-corrected chi connectivity index (χ2v) is 5.08. The van der Waals surface area contributed by atoms with Crippen molar-refractivity contribution in [2.24, 2.45) is 0 Å². The predicted octanol–water partition coefficient (Wildman–Crippen LogP) is 1.07. The Morgan fingerprint density at radius 3 is 2.65 bits per heavy atom. The largest absolute Gasteiger partial charge is 0.393 e. The van der Waals surface area contributed by atoms with Crippen molar-refractivity contribution in [1.82, 2.24) is 4.98 Å². The Kier molecular flexibility index (Phi) is 2.76. The molecule has 0 saturated carbocycles. The molecule has 2 fully saturated rings. The van der Waals surface area contributed by atoms with E-state index in [1.807, 2.05) is 12.3 Å². The highest BCUT2D eigenvalue weighted by Crippen LogP contribution is 2.40. The minimum Gasteiger partial charge on any atom is -0.393 e. The Morgan fingerprint density at radius 2 is 2.00 bits per heavy atom. The molecular formula is C13H18N2O2. The van der Waals surface area contributed by atoms with E-state index in [2.05, 4.69) is 9.88 Å². The van der Waals surface area contributed by atoms with Gasteiger partial charge in [0.05, 0.1) is 24.6 Å². The number of hydrogen-bond donors (Lipinski definition) is 2. The molecular weight excluding hydrogens is 216 g/mol. The smallest absolute Gasteiger partial charge is 0.0703 e. The molecule has 2 unspecified atom stereocenters. The molecule has 1 aromatic heterocycles. The molecule has 1 aromatic rings. The van der Waals surface area contributed by atoms with E-state index >= 15 is 0 Å². The number of anilines is 1. The first-order chi connectivity index (χ1) is 8.29. The van der Waals surface area contributed by atoms with Gasteiger partial charge in [-0.1, -0.05) is 0 Å². The zero-order valence-corrected chi connectivity index (χ0v) is 9.79. The zero-order chi connectivity index (χ0) is 11.8. The Balaban J connectivity index is 1.94. The number of pyridine rings is 1. The Bertz CT molecular complexity index is 396. The van der Waals surface area contributed by atoms with Crippen molar-refractivity contribution in [2.45, 2.75) is 50.5 Å². The van der Waals surface area contributed by atoms with Gasteiger partial charge in [-0.05, 0) is 31.7 Å². The fourth-order valence-corrected chi connectivity index (χ4v) is 3.32. The third-order valence-electron chi connectivity index (χ3n) is 4.04. The molecule has 2 bridgehead atoms. The Hall–Kier alpha value is -1.13. The van der Waals surface area contributed by atoms with Crippen molar-refractivity contribution >= 4 is 5.69 Å². The summed E-state index contributed by atoms with van der Waals surface area (Å²) in [5.74, 6) is 0. The number of piperidine rings is 1. The highest BCUT2D eigenvalue weighted by atomic mass is 16.3. The molecule has 2 saturated heterocycles. The summed E-state index contributed by atoms with van der Waals surface area (Å²) in [4.78, 5) is 6.54. The van der Waals surface area contributed by atoms with E-state index in [-0.39, 0.29) is 12.7 Å². The molecule has 4 nitrogen and oxygen atoms in total. The van der Waals surface area contributed by atoms with Crippen LogP contribution >= 0.6 is 0 Å². The minimum absolute atomic E-state index is 0.0519. The summed E-state index contributed by atoms with van der Waals surface area (Å²) in [6.07, 6.45) is 7.37. The minimum atomic E-state index is -0.155. The second-order valence-electron chi connectivity index (χ2n) is 5.08. The lowest BCUT2D eigenvalue weighted by Gasteiger charge is -2.39. The highest BCUT2D eigenvalue weighted by Gasteiger charge is 2.40. The monoisotopic (exact) mass is 234 g/mol. The van der Waals surface area contributed by atoms with Gasteiger partial charge in [-0.2, -0.15) is 0 Å². The molecule has 92 valence electrons. The van der Waals surface area contributed by atoms with Gasteiger partial charge >= 0.3 is 0 Å². The highest BCUT2D eigenvalue weighted by molar-refractivity contribution is 5.54. The quantitative estimate of drug-likeness (QED) is 0.803. The molecule has 3 rings (SSSR count). The fourth-order valence-electron chi connectivity index (χ4n) is 3.32. The lowest BCUT2D eigenvalue weighted by atomic mass is 9.98. The molecule has 0 radical (unpaired) electrons. The third kappa shape index (κ3) is 1.81. The van der Waals surface area contributed by atoms with Crippen LogP contribution in [0.2, 0.25) is 0 Å².